The topological polar surface area (TPSA) is 49.9 Å². The minimum Gasteiger partial charge on any atom is -0.488 e. The summed E-state index contributed by atoms with van der Waals surface area (Å²) in [6.07, 6.45) is 5.56. The van der Waals surface area contributed by atoms with Crippen molar-refractivity contribution >= 4 is 51.2 Å². The third-order valence-electron chi connectivity index (χ3n) is 3.81. The molecule has 0 atom stereocenters. The van der Waals surface area contributed by atoms with Crippen LogP contribution in [-0.4, -0.2) is 47.4 Å². The van der Waals surface area contributed by atoms with Crippen molar-refractivity contribution in [2.75, 3.05) is 20.7 Å². The maximum absolute atomic E-state index is 12.5. The molecule has 1 fully saturated rings. The minimum atomic E-state index is -0.425. The van der Waals surface area contributed by atoms with Crippen LogP contribution in [0.2, 0.25) is 0 Å². The highest BCUT2D eigenvalue weighted by atomic mass is 79.9. The molecule has 0 spiro atoms. The average Bonchev–Trinajstić information content (AvgIpc) is 2.61. The van der Waals surface area contributed by atoms with E-state index < -0.39 is 11.8 Å². The van der Waals surface area contributed by atoms with Crippen LogP contribution in [-0.2, 0) is 16.0 Å². The van der Waals surface area contributed by atoms with Crippen LogP contribution in [0.5, 0.6) is 5.75 Å². The van der Waals surface area contributed by atoms with E-state index >= 15 is 0 Å². The third-order valence-corrected chi connectivity index (χ3v) is 4.94. The van der Waals surface area contributed by atoms with Crippen LogP contribution in [0, 0.1) is 0 Å². The SMILES string of the molecule is C=CCOc1c(Br)cc(C=C2C(=O)N(C)C(=S)N(C)C2=O)cc1CC=C. The molecule has 0 radical (unpaired) electrons. The highest BCUT2D eigenvalue weighted by molar-refractivity contribution is 9.10. The van der Waals surface area contributed by atoms with Crippen LogP contribution < -0.4 is 4.74 Å². The highest BCUT2D eigenvalue weighted by Gasteiger charge is 2.35. The van der Waals surface area contributed by atoms with E-state index in [0.717, 1.165) is 10.0 Å². The van der Waals surface area contributed by atoms with Crippen molar-refractivity contribution in [1.82, 2.24) is 9.80 Å². The van der Waals surface area contributed by atoms with Crippen molar-refractivity contribution in [2.24, 2.45) is 0 Å². The molecule has 0 aromatic heterocycles. The lowest BCUT2D eigenvalue weighted by Crippen LogP contribution is -2.52. The molecular weight excluding hydrogens is 416 g/mol. The first-order valence-corrected chi connectivity index (χ1v) is 9.00. The number of rotatable bonds is 6. The predicted octanol–water partition coefficient (Wildman–Crippen LogP) is 3.34. The number of amides is 2. The monoisotopic (exact) mass is 434 g/mol. The summed E-state index contributed by atoms with van der Waals surface area (Å²) in [7, 11) is 3.10. The van der Waals surface area contributed by atoms with E-state index in [1.165, 1.54) is 9.80 Å². The fourth-order valence-corrected chi connectivity index (χ4v) is 3.31. The molecule has 5 nitrogen and oxygen atoms in total. The number of hydrogen-bond donors (Lipinski definition) is 0. The zero-order chi connectivity index (χ0) is 19.4. The second-order valence-corrected chi connectivity index (χ2v) is 6.87. The number of nitrogens with zero attached hydrogens (tertiary/aromatic N) is 2. The fourth-order valence-electron chi connectivity index (χ4n) is 2.51. The standard InChI is InChI=1S/C19H19BrN2O3S/c1-5-7-13-9-12(11-15(20)16(13)25-8-6-2)10-14-17(23)21(3)19(26)22(4)18(14)24/h5-6,9-11H,1-2,7-8H2,3-4H3. The number of hydrogen-bond acceptors (Lipinski definition) is 4. The van der Waals surface area contributed by atoms with Crippen LogP contribution in [0.3, 0.4) is 0 Å². The highest BCUT2D eigenvalue weighted by Crippen LogP contribution is 2.33. The Morgan fingerprint density at radius 1 is 1.15 bits per heavy atom. The Kier molecular flexibility index (Phi) is 6.50. The Morgan fingerprint density at radius 2 is 1.77 bits per heavy atom. The number of halogens is 1. The number of likely N-dealkylation sites (N-methyl/N-ethyl adjacent to an activating group) is 2. The molecule has 1 aliphatic heterocycles. The van der Waals surface area contributed by atoms with E-state index in [1.54, 1.807) is 38.4 Å². The van der Waals surface area contributed by atoms with Crippen molar-refractivity contribution in [3.63, 3.8) is 0 Å². The molecule has 2 rings (SSSR count). The molecular formula is C19H19BrN2O3S. The van der Waals surface area contributed by atoms with Crippen molar-refractivity contribution in [2.45, 2.75) is 6.42 Å². The van der Waals surface area contributed by atoms with Gasteiger partial charge >= 0.3 is 0 Å². The van der Waals surface area contributed by atoms with Crippen molar-refractivity contribution in [1.29, 1.82) is 0 Å². The smallest absolute Gasteiger partial charge is 0.265 e. The van der Waals surface area contributed by atoms with E-state index in [0.29, 0.717) is 24.3 Å². The van der Waals surface area contributed by atoms with Gasteiger partial charge in [0.2, 0.25) is 0 Å². The van der Waals surface area contributed by atoms with Gasteiger partial charge in [-0.2, -0.15) is 0 Å². The second-order valence-electron chi connectivity index (χ2n) is 5.65. The largest absolute Gasteiger partial charge is 0.488 e. The van der Waals surface area contributed by atoms with Gasteiger partial charge in [0.05, 0.1) is 4.47 Å². The Morgan fingerprint density at radius 3 is 2.31 bits per heavy atom. The zero-order valence-electron chi connectivity index (χ0n) is 14.6. The molecule has 1 saturated heterocycles. The van der Waals surface area contributed by atoms with Crippen LogP contribution in [0.15, 0.2) is 47.5 Å². The molecule has 1 aromatic rings. The Labute approximate surface area is 166 Å². The average molecular weight is 435 g/mol. The van der Waals surface area contributed by atoms with Crippen LogP contribution in [0.4, 0.5) is 0 Å². The molecule has 26 heavy (non-hydrogen) atoms. The first kappa shape index (κ1) is 20.1. The molecule has 0 saturated carbocycles. The van der Waals surface area contributed by atoms with Gasteiger partial charge < -0.3 is 4.74 Å². The summed E-state index contributed by atoms with van der Waals surface area (Å²) in [6, 6.07) is 3.66. The number of carbonyl (C=O) groups excluding carboxylic acids is 2. The number of allylic oxidation sites excluding steroid dienone is 1. The molecule has 1 aliphatic rings. The zero-order valence-corrected chi connectivity index (χ0v) is 17.0. The van der Waals surface area contributed by atoms with E-state index in [-0.39, 0.29) is 10.7 Å². The molecule has 7 heteroatoms. The summed E-state index contributed by atoms with van der Waals surface area (Å²) in [4.78, 5) is 27.5. The lowest BCUT2D eigenvalue weighted by molar-refractivity contribution is -0.132. The van der Waals surface area contributed by atoms with Gasteiger partial charge in [0.25, 0.3) is 11.8 Å². The summed E-state index contributed by atoms with van der Waals surface area (Å²) < 4.78 is 6.43. The first-order chi connectivity index (χ1) is 12.3. The molecule has 0 N–H and O–H groups in total. The van der Waals surface area contributed by atoms with Gasteiger partial charge in [-0.25, -0.2) is 0 Å². The van der Waals surface area contributed by atoms with E-state index in [4.69, 9.17) is 17.0 Å². The number of carbonyl (C=O) groups is 2. The molecule has 2 amide bonds. The van der Waals surface area contributed by atoms with Crippen molar-refractivity contribution in [3.8, 4) is 5.75 Å². The number of benzene rings is 1. The van der Waals surface area contributed by atoms with Gasteiger partial charge in [-0.05, 0) is 63.9 Å². The van der Waals surface area contributed by atoms with Gasteiger partial charge in [0.15, 0.2) is 5.11 Å². The Balaban J connectivity index is 2.51. The third kappa shape index (κ3) is 3.94. The Hall–Kier alpha value is -2.25. The lowest BCUT2D eigenvalue weighted by atomic mass is 10.0. The van der Waals surface area contributed by atoms with E-state index in [2.05, 4.69) is 29.1 Å². The van der Waals surface area contributed by atoms with Crippen molar-refractivity contribution < 1.29 is 14.3 Å². The normalized spacial score (nSPS) is 14.6. The van der Waals surface area contributed by atoms with Crippen molar-refractivity contribution in [3.05, 3.63) is 58.6 Å². The fraction of sp³-hybridized carbons (Fsp3) is 0.211. The number of ether oxygens (including phenoxy) is 1. The summed E-state index contributed by atoms with van der Waals surface area (Å²) in [5.41, 5.74) is 1.64. The summed E-state index contributed by atoms with van der Waals surface area (Å²) >= 11 is 8.59. The lowest BCUT2D eigenvalue weighted by Gasteiger charge is -2.31. The van der Waals surface area contributed by atoms with Gasteiger partial charge in [0, 0.05) is 14.1 Å². The molecule has 0 unspecified atom stereocenters. The minimum absolute atomic E-state index is 0.0554. The van der Waals surface area contributed by atoms with E-state index in [1.807, 2.05) is 6.07 Å². The molecule has 1 aromatic carbocycles. The maximum atomic E-state index is 12.5. The van der Waals surface area contributed by atoms with Crippen LogP contribution >= 0.6 is 28.1 Å². The van der Waals surface area contributed by atoms with Crippen LogP contribution in [0.1, 0.15) is 11.1 Å². The summed E-state index contributed by atoms with van der Waals surface area (Å²) in [5, 5.41) is 0.179. The second kappa shape index (κ2) is 8.42. The first-order valence-electron chi connectivity index (χ1n) is 7.80. The molecule has 1 heterocycles. The van der Waals surface area contributed by atoms with E-state index in [9.17, 15) is 9.59 Å². The van der Waals surface area contributed by atoms with Gasteiger partial charge in [-0.15, -0.1) is 6.58 Å². The van der Waals surface area contributed by atoms with Gasteiger partial charge in [-0.3, -0.25) is 19.4 Å². The quantitative estimate of drug-likeness (QED) is 0.298. The molecule has 0 aliphatic carbocycles. The van der Waals surface area contributed by atoms with Gasteiger partial charge in [0.1, 0.15) is 17.9 Å². The maximum Gasteiger partial charge on any atom is 0.265 e. The molecule has 0 bridgehead atoms. The summed E-state index contributed by atoms with van der Waals surface area (Å²) in [5.74, 6) is -0.165. The van der Waals surface area contributed by atoms with Gasteiger partial charge in [-0.1, -0.05) is 18.7 Å². The molecule has 136 valence electrons. The Bertz CT molecular complexity index is 806. The predicted molar refractivity (Wildman–Crippen MR) is 110 cm³/mol. The van der Waals surface area contributed by atoms with Crippen LogP contribution in [0.25, 0.3) is 6.08 Å². The summed E-state index contributed by atoms with van der Waals surface area (Å²) in [6.45, 7) is 7.78. The number of thiocarbonyl (C=S) groups is 1.